The normalized spacial score (nSPS) is 11.4. The first-order valence-corrected chi connectivity index (χ1v) is 11.3. The molecule has 0 amide bonds. The minimum atomic E-state index is 0.832. The van der Waals surface area contributed by atoms with Gasteiger partial charge in [0, 0.05) is 26.5 Å². The van der Waals surface area contributed by atoms with Gasteiger partial charge in [-0.2, -0.15) is 0 Å². The van der Waals surface area contributed by atoms with Gasteiger partial charge in [0.15, 0.2) is 0 Å². The van der Waals surface area contributed by atoms with Gasteiger partial charge in [-0.05, 0) is 47.2 Å². The fourth-order valence-corrected chi connectivity index (χ4v) is 4.75. The molecule has 0 unspecified atom stereocenters. The minimum Gasteiger partial charge on any atom is -0.497 e. The lowest BCUT2D eigenvalue weighted by Gasteiger charge is -2.13. The number of benzene rings is 5. The summed E-state index contributed by atoms with van der Waals surface area (Å²) < 4.78 is 8.72. The van der Waals surface area contributed by atoms with E-state index in [0.717, 1.165) is 43.7 Å². The molecule has 1 heterocycles. The van der Waals surface area contributed by atoms with Crippen molar-refractivity contribution < 1.29 is 4.74 Å². The van der Waals surface area contributed by atoms with E-state index < -0.39 is 0 Å². The number of rotatable bonds is 3. The highest BCUT2D eigenvalue weighted by Gasteiger charge is 2.19. The largest absolute Gasteiger partial charge is 0.497 e. The third kappa shape index (κ3) is 2.91. The van der Waals surface area contributed by atoms with E-state index in [9.17, 15) is 0 Å². The Bertz CT molecular complexity index is 1600. The van der Waals surface area contributed by atoms with Gasteiger partial charge in [0.2, 0.25) is 0 Å². The topological polar surface area (TPSA) is 27.1 Å². The van der Waals surface area contributed by atoms with Crippen LogP contribution in [0.1, 0.15) is 0 Å². The molecule has 4 heteroatoms. The standard InChI is InChI=1S/C28H19BrN2O/c1-32-21-16-14-20(15-17-21)31-27-25-9-5-3-7-23(25)22-6-2-4-8-24(22)26(27)30-28(31)18-10-12-19(29)13-11-18/h2-17H,1H3. The van der Waals surface area contributed by atoms with Gasteiger partial charge in [0.05, 0.1) is 18.1 Å². The molecular formula is C28H19BrN2O. The molecule has 0 radical (unpaired) electrons. The molecule has 0 spiro atoms. The first-order valence-electron chi connectivity index (χ1n) is 10.5. The average molecular weight is 479 g/mol. The summed E-state index contributed by atoms with van der Waals surface area (Å²) >= 11 is 3.56. The number of halogens is 1. The first-order chi connectivity index (χ1) is 15.7. The monoisotopic (exact) mass is 478 g/mol. The van der Waals surface area contributed by atoms with Crippen molar-refractivity contribution in [1.82, 2.24) is 9.55 Å². The lowest BCUT2D eigenvalue weighted by Crippen LogP contribution is -1.98. The van der Waals surface area contributed by atoms with Gasteiger partial charge in [-0.3, -0.25) is 4.57 Å². The quantitative estimate of drug-likeness (QED) is 0.243. The Balaban J connectivity index is 1.81. The molecule has 154 valence electrons. The van der Waals surface area contributed by atoms with Crippen LogP contribution in [-0.2, 0) is 0 Å². The second-order valence-electron chi connectivity index (χ2n) is 7.76. The van der Waals surface area contributed by atoms with Crippen molar-refractivity contribution in [2.45, 2.75) is 0 Å². The lowest BCUT2D eigenvalue weighted by molar-refractivity contribution is 0.415. The van der Waals surface area contributed by atoms with Crippen molar-refractivity contribution in [2.75, 3.05) is 7.11 Å². The maximum absolute atomic E-state index is 5.40. The highest BCUT2D eigenvalue weighted by atomic mass is 79.9. The summed E-state index contributed by atoms with van der Waals surface area (Å²) in [5, 5.41) is 4.80. The van der Waals surface area contributed by atoms with Crippen LogP contribution in [0.5, 0.6) is 5.75 Å². The molecule has 6 rings (SSSR count). The van der Waals surface area contributed by atoms with Crippen molar-refractivity contribution in [3.63, 3.8) is 0 Å². The van der Waals surface area contributed by atoms with Crippen LogP contribution in [-0.4, -0.2) is 16.7 Å². The molecule has 0 saturated heterocycles. The summed E-state index contributed by atoms with van der Waals surface area (Å²) in [6.45, 7) is 0. The summed E-state index contributed by atoms with van der Waals surface area (Å²) in [7, 11) is 1.69. The molecule has 0 atom stereocenters. The van der Waals surface area contributed by atoms with Crippen molar-refractivity contribution in [1.29, 1.82) is 0 Å². The summed E-state index contributed by atoms with van der Waals surface area (Å²) in [4.78, 5) is 5.23. The van der Waals surface area contributed by atoms with Gasteiger partial charge in [-0.1, -0.05) is 76.6 Å². The fraction of sp³-hybridized carbons (Fsp3) is 0.0357. The van der Waals surface area contributed by atoms with Gasteiger partial charge >= 0.3 is 0 Å². The van der Waals surface area contributed by atoms with Crippen LogP contribution in [0.15, 0.2) is 102 Å². The van der Waals surface area contributed by atoms with Crippen molar-refractivity contribution in [2.24, 2.45) is 0 Å². The second-order valence-corrected chi connectivity index (χ2v) is 8.68. The fourth-order valence-electron chi connectivity index (χ4n) is 4.48. The Morgan fingerprint density at radius 3 is 1.94 bits per heavy atom. The van der Waals surface area contributed by atoms with Crippen LogP contribution in [0.25, 0.3) is 49.7 Å². The smallest absolute Gasteiger partial charge is 0.145 e. The zero-order valence-electron chi connectivity index (χ0n) is 17.4. The Morgan fingerprint density at radius 1 is 0.688 bits per heavy atom. The predicted molar refractivity (Wildman–Crippen MR) is 136 cm³/mol. The van der Waals surface area contributed by atoms with Gasteiger partial charge in [-0.15, -0.1) is 0 Å². The Hall–Kier alpha value is -3.63. The molecule has 0 saturated carbocycles. The summed E-state index contributed by atoms with van der Waals surface area (Å²) in [5.41, 5.74) is 4.23. The van der Waals surface area contributed by atoms with Crippen LogP contribution in [0.4, 0.5) is 0 Å². The number of imidazole rings is 1. The third-order valence-corrected chi connectivity index (χ3v) is 6.49. The van der Waals surface area contributed by atoms with E-state index in [1.165, 1.54) is 16.2 Å². The molecule has 0 aliphatic carbocycles. The van der Waals surface area contributed by atoms with Crippen molar-refractivity contribution in [3.8, 4) is 22.8 Å². The maximum atomic E-state index is 5.40. The molecule has 0 bridgehead atoms. The van der Waals surface area contributed by atoms with E-state index in [-0.39, 0.29) is 0 Å². The van der Waals surface area contributed by atoms with E-state index in [1.54, 1.807) is 7.11 Å². The van der Waals surface area contributed by atoms with Crippen LogP contribution in [0.3, 0.4) is 0 Å². The van der Waals surface area contributed by atoms with Gasteiger partial charge in [0.25, 0.3) is 0 Å². The molecular weight excluding hydrogens is 460 g/mol. The zero-order chi connectivity index (χ0) is 21.7. The molecule has 0 fully saturated rings. The van der Waals surface area contributed by atoms with E-state index in [0.29, 0.717) is 0 Å². The molecule has 0 aliphatic heterocycles. The Labute approximate surface area is 194 Å². The van der Waals surface area contributed by atoms with E-state index in [4.69, 9.17) is 9.72 Å². The van der Waals surface area contributed by atoms with Gasteiger partial charge in [-0.25, -0.2) is 4.98 Å². The Kier molecular flexibility index (Phi) is 4.47. The van der Waals surface area contributed by atoms with Gasteiger partial charge in [0.1, 0.15) is 11.6 Å². The summed E-state index contributed by atoms with van der Waals surface area (Å²) in [6.07, 6.45) is 0. The number of nitrogens with zero attached hydrogens (tertiary/aromatic N) is 2. The summed E-state index contributed by atoms with van der Waals surface area (Å²) in [5.74, 6) is 1.75. The Morgan fingerprint density at radius 2 is 1.28 bits per heavy atom. The number of ether oxygens (including phenoxy) is 1. The number of hydrogen-bond donors (Lipinski definition) is 0. The highest BCUT2D eigenvalue weighted by Crippen LogP contribution is 2.39. The SMILES string of the molecule is COc1ccc(-n2c(-c3ccc(Br)cc3)nc3c4ccccc4c4ccccc4c32)cc1. The molecule has 3 nitrogen and oxygen atoms in total. The zero-order valence-corrected chi connectivity index (χ0v) is 19.0. The molecule has 0 N–H and O–H groups in total. The highest BCUT2D eigenvalue weighted by molar-refractivity contribution is 9.10. The van der Waals surface area contributed by atoms with Gasteiger partial charge < -0.3 is 4.74 Å². The molecule has 5 aromatic carbocycles. The first kappa shape index (κ1) is 19.1. The number of fused-ring (bicyclic) bond motifs is 6. The van der Waals surface area contributed by atoms with E-state index >= 15 is 0 Å². The van der Waals surface area contributed by atoms with E-state index in [2.05, 4.69) is 105 Å². The lowest BCUT2D eigenvalue weighted by atomic mass is 10.00. The average Bonchev–Trinajstić information content (AvgIpc) is 3.26. The van der Waals surface area contributed by atoms with Crippen LogP contribution < -0.4 is 4.74 Å². The predicted octanol–water partition coefficient (Wildman–Crippen LogP) is 7.77. The number of methoxy groups -OCH3 is 1. The van der Waals surface area contributed by atoms with Crippen LogP contribution >= 0.6 is 15.9 Å². The van der Waals surface area contributed by atoms with Crippen LogP contribution in [0.2, 0.25) is 0 Å². The van der Waals surface area contributed by atoms with E-state index in [1.807, 2.05) is 12.1 Å². The minimum absolute atomic E-state index is 0.832. The third-order valence-electron chi connectivity index (χ3n) is 5.97. The maximum Gasteiger partial charge on any atom is 0.145 e. The number of aromatic nitrogens is 2. The summed E-state index contributed by atoms with van der Waals surface area (Å²) in [6, 6.07) is 33.6. The number of hydrogen-bond acceptors (Lipinski definition) is 2. The van der Waals surface area contributed by atoms with Crippen LogP contribution in [0, 0.1) is 0 Å². The molecule has 6 aromatic rings. The molecule has 0 aliphatic rings. The molecule has 1 aromatic heterocycles. The van der Waals surface area contributed by atoms with Crippen molar-refractivity contribution in [3.05, 3.63) is 102 Å². The molecule has 32 heavy (non-hydrogen) atoms. The second kappa shape index (κ2) is 7.50. The van der Waals surface area contributed by atoms with Crippen molar-refractivity contribution >= 4 is 48.5 Å².